The second-order valence-electron chi connectivity index (χ2n) is 3.53. The molecule has 0 bridgehead atoms. The minimum atomic E-state index is 0.787. The second kappa shape index (κ2) is 4.03. The molecule has 0 saturated carbocycles. The summed E-state index contributed by atoms with van der Waals surface area (Å²) in [5.41, 5.74) is 8.81. The van der Waals surface area contributed by atoms with Crippen LogP contribution in [0.2, 0.25) is 0 Å². The lowest BCUT2D eigenvalue weighted by molar-refractivity contribution is 1.13. The van der Waals surface area contributed by atoms with Gasteiger partial charge in [0.1, 0.15) is 0 Å². The van der Waals surface area contributed by atoms with E-state index >= 15 is 0 Å². The molecular formula is C12H14N2S. The third kappa shape index (κ3) is 2.02. The van der Waals surface area contributed by atoms with Crippen molar-refractivity contribution >= 4 is 17.0 Å². The molecule has 0 unspecified atom stereocenters. The number of nitrogen functional groups attached to an aromatic ring is 1. The van der Waals surface area contributed by atoms with Crippen LogP contribution in [0.15, 0.2) is 24.4 Å². The number of aromatic nitrogens is 1. The Kier molecular flexibility index (Phi) is 2.73. The Morgan fingerprint density at radius 3 is 2.80 bits per heavy atom. The fourth-order valence-corrected chi connectivity index (χ4v) is 2.36. The van der Waals surface area contributed by atoms with Gasteiger partial charge in [-0.1, -0.05) is 6.92 Å². The molecule has 0 spiro atoms. The number of thiophene rings is 1. The molecule has 0 aliphatic carbocycles. The first-order valence-corrected chi connectivity index (χ1v) is 5.83. The van der Waals surface area contributed by atoms with E-state index in [1.54, 1.807) is 17.5 Å². The molecule has 0 aromatic carbocycles. The summed E-state index contributed by atoms with van der Waals surface area (Å²) in [6, 6.07) is 6.31. The number of rotatable bonds is 2. The quantitative estimate of drug-likeness (QED) is 0.840. The van der Waals surface area contributed by atoms with Gasteiger partial charge in [0.2, 0.25) is 0 Å². The summed E-state index contributed by atoms with van der Waals surface area (Å²) in [6.07, 6.45) is 2.70. The van der Waals surface area contributed by atoms with Crippen molar-refractivity contribution in [3.8, 4) is 10.6 Å². The average molecular weight is 218 g/mol. The van der Waals surface area contributed by atoms with Gasteiger partial charge in [0.15, 0.2) is 0 Å². The standard InChI is InChI=1S/C12H14N2S/c1-3-9-6-11(14-7-10(9)13)12-5-4-8(2)15-12/h4-7H,3,13H2,1-2H3. The molecule has 15 heavy (non-hydrogen) atoms. The summed E-state index contributed by atoms with van der Waals surface area (Å²) < 4.78 is 0. The van der Waals surface area contributed by atoms with Gasteiger partial charge < -0.3 is 5.73 Å². The van der Waals surface area contributed by atoms with Crippen molar-refractivity contribution in [3.63, 3.8) is 0 Å². The van der Waals surface area contributed by atoms with Crippen LogP contribution in [0.1, 0.15) is 17.4 Å². The van der Waals surface area contributed by atoms with Crippen molar-refractivity contribution in [2.75, 3.05) is 5.73 Å². The number of aryl methyl sites for hydroxylation is 2. The number of nitrogens with zero attached hydrogens (tertiary/aromatic N) is 1. The first-order chi connectivity index (χ1) is 7.20. The largest absolute Gasteiger partial charge is 0.397 e. The molecule has 0 saturated heterocycles. The summed E-state index contributed by atoms with van der Waals surface area (Å²) in [7, 11) is 0. The van der Waals surface area contributed by atoms with Gasteiger partial charge in [-0.05, 0) is 37.1 Å². The summed E-state index contributed by atoms with van der Waals surface area (Å²) in [5.74, 6) is 0. The SMILES string of the molecule is CCc1cc(-c2ccc(C)s2)ncc1N. The smallest absolute Gasteiger partial charge is 0.0806 e. The predicted octanol–water partition coefficient (Wildman–Crippen LogP) is 3.26. The molecule has 0 aliphatic heterocycles. The highest BCUT2D eigenvalue weighted by molar-refractivity contribution is 7.15. The molecule has 2 N–H and O–H groups in total. The van der Waals surface area contributed by atoms with E-state index in [2.05, 4.69) is 37.0 Å². The van der Waals surface area contributed by atoms with Crippen molar-refractivity contribution in [1.82, 2.24) is 4.98 Å². The van der Waals surface area contributed by atoms with Crippen LogP contribution in [0, 0.1) is 6.92 Å². The molecule has 2 aromatic heterocycles. The van der Waals surface area contributed by atoms with Crippen LogP contribution in [0.25, 0.3) is 10.6 Å². The maximum Gasteiger partial charge on any atom is 0.0806 e. The zero-order chi connectivity index (χ0) is 10.8. The molecule has 0 fully saturated rings. The number of hydrogen-bond donors (Lipinski definition) is 1. The Bertz CT molecular complexity index is 474. The van der Waals surface area contributed by atoms with E-state index in [0.29, 0.717) is 0 Å². The van der Waals surface area contributed by atoms with Crippen molar-refractivity contribution in [3.05, 3.63) is 34.8 Å². The number of anilines is 1. The molecule has 2 rings (SSSR count). The molecular weight excluding hydrogens is 204 g/mol. The molecule has 0 radical (unpaired) electrons. The van der Waals surface area contributed by atoms with Crippen molar-refractivity contribution in [1.29, 1.82) is 0 Å². The lowest BCUT2D eigenvalue weighted by Crippen LogP contribution is -1.95. The van der Waals surface area contributed by atoms with E-state index < -0.39 is 0 Å². The van der Waals surface area contributed by atoms with E-state index in [0.717, 1.165) is 17.8 Å². The van der Waals surface area contributed by atoms with E-state index in [1.807, 2.05) is 0 Å². The Morgan fingerprint density at radius 2 is 2.20 bits per heavy atom. The molecule has 78 valence electrons. The summed E-state index contributed by atoms with van der Waals surface area (Å²) in [5, 5.41) is 0. The Morgan fingerprint density at radius 1 is 1.40 bits per heavy atom. The second-order valence-corrected chi connectivity index (χ2v) is 4.82. The Balaban J connectivity index is 2.45. The van der Waals surface area contributed by atoms with E-state index in [9.17, 15) is 0 Å². The van der Waals surface area contributed by atoms with Crippen LogP contribution >= 0.6 is 11.3 Å². The summed E-state index contributed by atoms with van der Waals surface area (Å²) in [4.78, 5) is 6.87. The van der Waals surface area contributed by atoms with Crippen LogP contribution < -0.4 is 5.73 Å². The number of hydrogen-bond acceptors (Lipinski definition) is 3. The van der Waals surface area contributed by atoms with Crippen LogP contribution in [-0.2, 0) is 6.42 Å². The molecule has 2 heterocycles. The molecule has 3 heteroatoms. The Labute approximate surface area is 93.8 Å². The highest BCUT2D eigenvalue weighted by Crippen LogP contribution is 2.27. The van der Waals surface area contributed by atoms with Crippen molar-refractivity contribution in [2.45, 2.75) is 20.3 Å². The Hall–Kier alpha value is -1.35. The lowest BCUT2D eigenvalue weighted by atomic mass is 10.1. The third-order valence-electron chi connectivity index (χ3n) is 2.40. The van der Waals surface area contributed by atoms with Crippen LogP contribution in [-0.4, -0.2) is 4.98 Å². The first kappa shape index (κ1) is 10.2. The van der Waals surface area contributed by atoms with Gasteiger partial charge in [0, 0.05) is 4.88 Å². The zero-order valence-corrected chi connectivity index (χ0v) is 9.77. The minimum Gasteiger partial charge on any atom is -0.397 e. The van der Waals surface area contributed by atoms with Gasteiger partial charge in [-0.25, -0.2) is 0 Å². The lowest BCUT2D eigenvalue weighted by Gasteiger charge is -2.04. The molecule has 0 atom stereocenters. The third-order valence-corrected chi connectivity index (χ3v) is 3.42. The number of nitrogens with two attached hydrogens (primary N) is 1. The number of pyridine rings is 1. The molecule has 2 nitrogen and oxygen atoms in total. The van der Waals surface area contributed by atoms with Gasteiger partial charge in [0.05, 0.1) is 22.5 Å². The van der Waals surface area contributed by atoms with Gasteiger partial charge in [-0.2, -0.15) is 0 Å². The van der Waals surface area contributed by atoms with Gasteiger partial charge >= 0.3 is 0 Å². The maximum absolute atomic E-state index is 5.82. The highest BCUT2D eigenvalue weighted by Gasteiger charge is 2.05. The van der Waals surface area contributed by atoms with Crippen LogP contribution in [0.5, 0.6) is 0 Å². The minimum absolute atomic E-state index is 0.787. The van der Waals surface area contributed by atoms with E-state index in [1.165, 1.54) is 15.3 Å². The highest BCUT2D eigenvalue weighted by atomic mass is 32.1. The fraction of sp³-hybridized carbons (Fsp3) is 0.250. The van der Waals surface area contributed by atoms with Crippen LogP contribution in [0.3, 0.4) is 0 Å². The molecule has 0 aliphatic rings. The monoisotopic (exact) mass is 218 g/mol. The van der Waals surface area contributed by atoms with Gasteiger partial charge in [-0.3, -0.25) is 4.98 Å². The van der Waals surface area contributed by atoms with Gasteiger partial charge in [0.25, 0.3) is 0 Å². The topological polar surface area (TPSA) is 38.9 Å². The fourth-order valence-electron chi connectivity index (χ4n) is 1.52. The molecule has 2 aromatic rings. The predicted molar refractivity (Wildman–Crippen MR) is 66.1 cm³/mol. The van der Waals surface area contributed by atoms with E-state index in [-0.39, 0.29) is 0 Å². The zero-order valence-electron chi connectivity index (χ0n) is 8.95. The van der Waals surface area contributed by atoms with Crippen molar-refractivity contribution in [2.24, 2.45) is 0 Å². The normalized spacial score (nSPS) is 10.5. The summed E-state index contributed by atoms with van der Waals surface area (Å²) in [6.45, 7) is 4.21. The first-order valence-electron chi connectivity index (χ1n) is 5.02. The van der Waals surface area contributed by atoms with Crippen molar-refractivity contribution < 1.29 is 0 Å². The van der Waals surface area contributed by atoms with Gasteiger partial charge in [-0.15, -0.1) is 11.3 Å². The summed E-state index contributed by atoms with van der Waals surface area (Å²) >= 11 is 1.76. The average Bonchev–Trinajstić information content (AvgIpc) is 2.66. The van der Waals surface area contributed by atoms with Crippen LogP contribution in [0.4, 0.5) is 5.69 Å². The maximum atomic E-state index is 5.82. The van der Waals surface area contributed by atoms with E-state index in [4.69, 9.17) is 5.73 Å². The molecule has 0 amide bonds.